The molecule has 0 N–H and O–H groups in total. The molecule has 0 aliphatic carbocycles. The Morgan fingerprint density at radius 3 is 3.00 bits per heavy atom. The molecule has 0 aliphatic heterocycles. The molecule has 0 aliphatic rings. The Labute approximate surface area is 80.3 Å². The second-order valence-corrected chi connectivity index (χ2v) is 2.89. The molecule has 0 fully saturated rings. The van der Waals surface area contributed by atoms with Crippen molar-refractivity contribution in [3.8, 4) is 0 Å². The first-order valence-corrected chi connectivity index (χ1v) is 4.12. The van der Waals surface area contributed by atoms with Crippen LogP contribution < -0.4 is 0 Å². The van der Waals surface area contributed by atoms with Gasteiger partial charge in [0.1, 0.15) is 0 Å². The number of ether oxygens (including phenoxy) is 1. The first kappa shape index (κ1) is 8.68. The molecule has 14 heavy (non-hydrogen) atoms. The van der Waals surface area contributed by atoms with Gasteiger partial charge in [0.05, 0.1) is 7.11 Å². The molecular weight excluding hydrogens is 182 g/mol. The van der Waals surface area contributed by atoms with Gasteiger partial charge in [-0.15, -0.1) is 5.10 Å². The van der Waals surface area contributed by atoms with E-state index >= 15 is 0 Å². The van der Waals surface area contributed by atoms with E-state index in [1.165, 1.54) is 7.11 Å². The molecule has 5 nitrogen and oxygen atoms in total. The van der Waals surface area contributed by atoms with Crippen molar-refractivity contribution in [1.82, 2.24) is 14.6 Å². The first-order valence-electron chi connectivity index (χ1n) is 4.12. The number of hydrogen-bond acceptors (Lipinski definition) is 4. The molecule has 0 bridgehead atoms. The summed E-state index contributed by atoms with van der Waals surface area (Å²) in [6.07, 6.45) is 1.74. The lowest BCUT2D eigenvalue weighted by molar-refractivity contribution is 0.0587. The van der Waals surface area contributed by atoms with Gasteiger partial charge >= 0.3 is 5.97 Å². The van der Waals surface area contributed by atoms with E-state index in [4.69, 9.17) is 0 Å². The van der Waals surface area contributed by atoms with Crippen LogP contribution in [0.4, 0.5) is 0 Å². The summed E-state index contributed by atoms with van der Waals surface area (Å²) in [4.78, 5) is 15.2. The average molecular weight is 191 g/mol. The quantitative estimate of drug-likeness (QED) is 0.626. The molecular formula is C9H9N3O2. The molecule has 0 aromatic carbocycles. The van der Waals surface area contributed by atoms with Crippen molar-refractivity contribution in [3.63, 3.8) is 0 Å². The topological polar surface area (TPSA) is 56.5 Å². The summed E-state index contributed by atoms with van der Waals surface area (Å²) in [5.41, 5.74) is 1.64. The highest BCUT2D eigenvalue weighted by molar-refractivity contribution is 5.85. The molecule has 2 heterocycles. The van der Waals surface area contributed by atoms with Crippen LogP contribution in [0.2, 0.25) is 0 Å². The zero-order valence-corrected chi connectivity index (χ0v) is 7.89. The summed E-state index contributed by atoms with van der Waals surface area (Å²) in [5, 5.41) is 3.98. The molecule has 0 radical (unpaired) electrons. The van der Waals surface area contributed by atoms with Gasteiger partial charge in [-0.05, 0) is 18.6 Å². The highest BCUT2D eigenvalue weighted by atomic mass is 16.5. The van der Waals surface area contributed by atoms with Gasteiger partial charge in [0.25, 0.3) is 5.82 Å². The normalized spacial score (nSPS) is 10.4. The fraction of sp³-hybridized carbons (Fsp3) is 0.222. The number of carbonyl (C=O) groups excluding carboxylic acids is 1. The number of carbonyl (C=O) groups is 1. The smallest absolute Gasteiger partial charge is 0.377 e. The van der Waals surface area contributed by atoms with Crippen molar-refractivity contribution in [1.29, 1.82) is 0 Å². The van der Waals surface area contributed by atoms with Crippen LogP contribution in [0.5, 0.6) is 0 Å². The van der Waals surface area contributed by atoms with Gasteiger partial charge in [-0.2, -0.15) is 0 Å². The van der Waals surface area contributed by atoms with E-state index in [0.29, 0.717) is 5.65 Å². The molecule has 0 amide bonds. The Morgan fingerprint density at radius 2 is 2.36 bits per heavy atom. The van der Waals surface area contributed by atoms with Crippen molar-refractivity contribution in [2.45, 2.75) is 6.92 Å². The van der Waals surface area contributed by atoms with Gasteiger partial charge in [0.2, 0.25) is 0 Å². The number of fused-ring (bicyclic) bond motifs is 1. The van der Waals surface area contributed by atoms with E-state index < -0.39 is 5.97 Å². The van der Waals surface area contributed by atoms with Crippen molar-refractivity contribution in [2.75, 3.05) is 7.11 Å². The maximum absolute atomic E-state index is 11.1. The summed E-state index contributed by atoms with van der Waals surface area (Å²) in [6.45, 7) is 1.91. The third kappa shape index (κ3) is 1.22. The Morgan fingerprint density at radius 1 is 1.57 bits per heavy atom. The zero-order chi connectivity index (χ0) is 10.1. The lowest BCUT2D eigenvalue weighted by atomic mass is 10.3. The lowest BCUT2D eigenvalue weighted by Crippen LogP contribution is -2.03. The zero-order valence-electron chi connectivity index (χ0n) is 7.89. The summed E-state index contributed by atoms with van der Waals surface area (Å²) >= 11 is 0. The Balaban J connectivity index is 2.62. The van der Waals surface area contributed by atoms with Crippen molar-refractivity contribution in [3.05, 3.63) is 29.7 Å². The maximum atomic E-state index is 11.1. The van der Waals surface area contributed by atoms with E-state index in [-0.39, 0.29) is 5.82 Å². The molecule has 2 aromatic heterocycles. The van der Waals surface area contributed by atoms with Crippen LogP contribution in [0.3, 0.4) is 0 Å². The standard InChI is InChI=1S/C9H9N3O2/c1-6-4-3-5-12-8(6)10-7(11-12)9(13)14-2/h3-5H,1-2H3. The molecule has 0 unspecified atom stereocenters. The van der Waals surface area contributed by atoms with Gasteiger partial charge < -0.3 is 4.74 Å². The molecule has 0 saturated heterocycles. The summed E-state index contributed by atoms with van der Waals surface area (Å²) < 4.78 is 6.09. The molecule has 72 valence electrons. The molecule has 5 heteroatoms. The highest BCUT2D eigenvalue weighted by Gasteiger charge is 2.13. The number of methoxy groups -OCH3 is 1. The predicted octanol–water partition coefficient (Wildman–Crippen LogP) is 0.824. The van der Waals surface area contributed by atoms with E-state index in [9.17, 15) is 4.79 Å². The second-order valence-electron chi connectivity index (χ2n) is 2.89. The minimum absolute atomic E-state index is 0.0850. The number of nitrogens with zero attached hydrogens (tertiary/aromatic N) is 3. The van der Waals surface area contributed by atoms with Crippen molar-refractivity contribution < 1.29 is 9.53 Å². The van der Waals surface area contributed by atoms with Gasteiger partial charge in [-0.1, -0.05) is 6.07 Å². The van der Waals surface area contributed by atoms with E-state index in [2.05, 4.69) is 14.8 Å². The fourth-order valence-electron chi connectivity index (χ4n) is 1.22. The number of hydrogen-bond donors (Lipinski definition) is 0. The number of rotatable bonds is 1. The average Bonchev–Trinajstić information content (AvgIpc) is 2.62. The van der Waals surface area contributed by atoms with E-state index in [1.54, 1.807) is 10.7 Å². The van der Waals surface area contributed by atoms with Crippen LogP contribution in [0.15, 0.2) is 18.3 Å². The Kier molecular flexibility index (Phi) is 1.92. The van der Waals surface area contributed by atoms with E-state index in [1.807, 2.05) is 19.1 Å². The van der Waals surface area contributed by atoms with Crippen LogP contribution in [-0.4, -0.2) is 27.7 Å². The third-order valence-electron chi connectivity index (χ3n) is 1.93. The van der Waals surface area contributed by atoms with Gasteiger partial charge in [-0.25, -0.2) is 14.3 Å². The second kappa shape index (κ2) is 3.10. The molecule has 0 spiro atoms. The van der Waals surface area contributed by atoms with Crippen LogP contribution in [0.1, 0.15) is 16.2 Å². The van der Waals surface area contributed by atoms with Crippen LogP contribution in [-0.2, 0) is 4.74 Å². The molecule has 0 atom stereocenters. The largest absolute Gasteiger partial charge is 0.463 e. The summed E-state index contributed by atoms with van der Waals surface area (Å²) in [5.74, 6) is -0.435. The van der Waals surface area contributed by atoms with Gasteiger partial charge in [0.15, 0.2) is 5.65 Å². The lowest BCUT2D eigenvalue weighted by Gasteiger charge is -1.92. The van der Waals surface area contributed by atoms with Crippen LogP contribution >= 0.6 is 0 Å². The fourth-order valence-corrected chi connectivity index (χ4v) is 1.22. The Hall–Kier alpha value is -1.91. The van der Waals surface area contributed by atoms with Crippen molar-refractivity contribution >= 4 is 11.6 Å². The minimum atomic E-state index is -0.520. The predicted molar refractivity (Wildman–Crippen MR) is 49.1 cm³/mol. The minimum Gasteiger partial charge on any atom is -0.463 e. The first-order chi connectivity index (χ1) is 6.72. The molecule has 0 saturated carbocycles. The molecule has 2 aromatic rings. The van der Waals surface area contributed by atoms with Crippen molar-refractivity contribution in [2.24, 2.45) is 0 Å². The summed E-state index contributed by atoms with van der Waals surface area (Å²) in [6, 6.07) is 3.75. The third-order valence-corrected chi connectivity index (χ3v) is 1.93. The van der Waals surface area contributed by atoms with Gasteiger partial charge in [0, 0.05) is 6.20 Å². The Bertz CT molecular complexity index is 490. The van der Waals surface area contributed by atoms with Crippen LogP contribution in [0.25, 0.3) is 5.65 Å². The number of aromatic nitrogens is 3. The maximum Gasteiger partial charge on any atom is 0.377 e. The van der Waals surface area contributed by atoms with Crippen LogP contribution in [0, 0.1) is 6.92 Å². The number of aryl methyl sites for hydroxylation is 1. The molecule has 2 rings (SSSR count). The number of pyridine rings is 1. The monoisotopic (exact) mass is 191 g/mol. The number of esters is 1. The SMILES string of the molecule is COC(=O)c1nc2c(C)cccn2n1. The van der Waals surface area contributed by atoms with Gasteiger partial charge in [-0.3, -0.25) is 0 Å². The van der Waals surface area contributed by atoms with E-state index in [0.717, 1.165) is 5.56 Å². The highest BCUT2D eigenvalue weighted by Crippen LogP contribution is 2.07. The summed E-state index contributed by atoms with van der Waals surface area (Å²) in [7, 11) is 1.31.